The number of hydrogen-bond acceptors (Lipinski definition) is 5. The van der Waals surface area contributed by atoms with Gasteiger partial charge in [-0.25, -0.2) is 0 Å². The van der Waals surface area contributed by atoms with Gasteiger partial charge in [0, 0.05) is 31.9 Å². The molecule has 130 valence electrons. The molecule has 2 aliphatic rings. The SMILES string of the molecule is O=C(CN1CCSC1=O)NC[C@@H](c1ccccc1)N1CCOCC1. The van der Waals surface area contributed by atoms with Crippen molar-refractivity contribution in [2.75, 3.05) is 51.7 Å². The number of benzene rings is 1. The Labute approximate surface area is 146 Å². The molecule has 2 heterocycles. The number of thioether (sulfide) groups is 1. The van der Waals surface area contributed by atoms with E-state index in [2.05, 4.69) is 22.3 Å². The Morgan fingerprint density at radius 3 is 2.62 bits per heavy atom. The zero-order chi connectivity index (χ0) is 16.8. The fourth-order valence-electron chi connectivity index (χ4n) is 3.03. The molecule has 2 amide bonds. The van der Waals surface area contributed by atoms with E-state index >= 15 is 0 Å². The summed E-state index contributed by atoms with van der Waals surface area (Å²) in [5.41, 5.74) is 1.19. The first-order valence-electron chi connectivity index (χ1n) is 8.29. The largest absolute Gasteiger partial charge is 0.379 e. The van der Waals surface area contributed by atoms with Gasteiger partial charge in [-0.1, -0.05) is 42.1 Å². The van der Waals surface area contributed by atoms with Gasteiger partial charge in [0.05, 0.1) is 19.3 Å². The molecule has 0 unspecified atom stereocenters. The quantitative estimate of drug-likeness (QED) is 0.840. The summed E-state index contributed by atoms with van der Waals surface area (Å²) >= 11 is 1.28. The minimum Gasteiger partial charge on any atom is -0.379 e. The van der Waals surface area contributed by atoms with Crippen LogP contribution >= 0.6 is 11.8 Å². The molecule has 0 aliphatic carbocycles. The molecule has 0 radical (unpaired) electrons. The first-order chi connectivity index (χ1) is 11.7. The van der Waals surface area contributed by atoms with Gasteiger partial charge in [0.2, 0.25) is 5.91 Å². The van der Waals surface area contributed by atoms with Crippen LogP contribution in [-0.2, 0) is 9.53 Å². The highest BCUT2D eigenvalue weighted by Gasteiger charge is 2.25. The van der Waals surface area contributed by atoms with E-state index in [1.54, 1.807) is 4.90 Å². The van der Waals surface area contributed by atoms with Crippen molar-refractivity contribution >= 4 is 22.9 Å². The zero-order valence-electron chi connectivity index (χ0n) is 13.6. The van der Waals surface area contributed by atoms with Crippen molar-refractivity contribution in [2.24, 2.45) is 0 Å². The molecule has 1 aromatic carbocycles. The molecule has 7 heteroatoms. The lowest BCUT2D eigenvalue weighted by Gasteiger charge is -2.35. The van der Waals surface area contributed by atoms with E-state index in [-0.39, 0.29) is 23.7 Å². The number of amides is 2. The molecule has 3 rings (SSSR count). The van der Waals surface area contributed by atoms with E-state index in [4.69, 9.17) is 4.74 Å². The van der Waals surface area contributed by atoms with Crippen LogP contribution in [-0.4, -0.2) is 72.6 Å². The smallest absolute Gasteiger partial charge is 0.282 e. The first-order valence-corrected chi connectivity index (χ1v) is 9.28. The van der Waals surface area contributed by atoms with Gasteiger partial charge in [-0.3, -0.25) is 14.5 Å². The van der Waals surface area contributed by atoms with Crippen LogP contribution in [0.25, 0.3) is 0 Å². The molecule has 1 atom stereocenters. The van der Waals surface area contributed by atoms with Crippen molar-refractivity contribution in [3.05, 3.63) is 35.9 Å². The average Bonchev–Trinajstić information content (AvgIpc) is 3.02. The summed E-state index contributed by atoms with van der Waals surface area (Å²) in [5, 5.41) is 3.00. The third kappa shape index (κ3) is 4.49. The third-order valence-electron chi connectivity index (χ3n) is 4.34. The molecule has 6 nitrogen and oxygen atoms in total. The van der Waals surface area contributed by atoms with Gasteiger partial charge in [-0.05, 0) is 5.56 Å². The van der Waals surface area contributed by atoms with E-state index < -0.39 is 0 Å². The number of nitrogens with zero attached hydrogens (tertiary/aromatic N) is 2. The Bertz CT molecular complexity index is 563. The van der Waals surface area contributed by atoms with E-state index in [0.717, 1.165) is 32.1 Å². The predicted octanol–water partition coefficient (Wildman–Crippen LogP) is 1.34. The highest BCUT2D eigenvalue weighted by Crippen LogP contribution is 2.21. The Morgan fingerprint density at radius 2 is 1.96 bits per heavy atom. The number of rotatable bonds is 6. The number of nitrogens with one attached hydrogen (secondary N) is 1. The lowest BCUT2D eigenvalue weighted by molar-refractivity contribution is -0.121. The molecule has 0 aromatic heterocycles. The van der Waals surface area contributed by atoms with Crippen molar-refractivity contribution in [1.82, 2.24) is 15.1 Å². The number of carbonyl (C=O) groups excluding carboxylic acids is 2. The third-order valence-corrected chi connectivity index (χ3v) is 5.23. The van der Waals surface area contributed by atoms with Crippen LogP contribution in [0.3, 0.4) is 0 Å². The summed E-state index contributed by atoms with van der Waals surface area (Å²) in [5.74, 6) is 0.673. The summed E-state index contributed by atoms with van der Waals surface area (Å²) in [7, 11) is 0. The fourth-order valence-corrected chi connectivity index (χ4v) is 3.86. The van der Waals surface area contributed by atoms with Crippen LogP contribution in [0.4, 0.5) is 4.79 Å². The number of carbonyl (C=O) groups is 2. The molecular weight excluding hydrogens is 326 g/mol. The average molecular weight is 349 g/mol. The highest BCUT2D eigenvalue weighted by atomic mass is 32.2. The van der Waals surface area contributed by atoms with Crippen LogP contribution in [0.2, 0.25) is 0 Å². The minimum atomic E-state index is -0.0972. The lowest BCUT2D eigenvalue weighted by atomic mass is 10.0. The summed E-state index contributed by atoms with van der Waals surface area (Å²) in [6, 6.07) is 10.3. The number of ether oxygens (including phenoxy) is 1. The first kappa shape index (κ1) is 17.3. The van der Waals surface area contributed by atoms with Crippen molar-refractivity contribution in [2.45, 2.75) is 6.04 Å². The maximum atomic E-state index is 12.2. The molecule has 0 bridgehead atoms. The van der Waals surface area contributed by atoms with Gasteiger partial charge in [0.15, 0.2) is 0 Å². The second-order valence-electron chi connectivity index (χ2n) is 5.91. The Balaban J connectivity index is 1.59. The monoisotopic (exact) mass is 349 g/mol. The molecule has 0 spiro atoms. The second-order valence-corrected chi connectivity index (χ2v) is 6.96. The fraction of sp³-hybridized carbons (Fsp3) is 0.529. The van der Waals surface area contributed by atoms with Crippen LogP contribution in [0.5, 0.6) is 0 Å². The summed E-state index contributed by atoms with van der Waals surface area (Å²) in [6.45, 7) is 4.50. The molecule has 2 fully saturated rings. The molecule has 1 aromatic rings. The predicted molar refractivity (Wildman–Crippen MR) is 94.0 cm³/mol. The van der Waals surface area contributed by atoms with Crippen molar-refractivity contribution < 1.29 is 14.3 Å². The van der Waals surface area contributed by atoms with E-state index in [0.29, 0.717) is 13.1 Å². The Kier molecular flexibility index (Phi) is 6.12. The van der Waals surface area contributed by atoms with Crippen LogP contribution in [0.1, 0.15) is 11.6 Å². The molecule has 2 aliphatic heterocycles. The molecule has 0 saturated carbocycles. The van der Waals surface area contributed by atoms with E-state index in [1.165, 1.54) is 17.3 Å². The van der Waals surface area contributed by atoms with Gasteiger partial charge in [-0.2, -0.15) is 0 Å². The number of morpholine rings is 1. The van der Waals surface area contributed by atoms with Gasteiger partial charge >= 0.3 is 0 Å². The number of hydrogen-bond donors (Lipinski definition) is 1. The lowest BCUT2D eigenvalue weighted by Crippen LogP contribution is -2.45. The minimum absolute atomic E-state index is 0.00191. The van der Waals surface area contributed by atoms with Crippen molar-refractivity contribution in [1.29, 1.82) is 0 Å². The topological polar surface area (TPSA) is 61.9 Å². The van der Waals surface area contributed by atoms with Gasteiger partial charge in [-0.15, -0.1) is 0 Å². The van der Waals surface area contributed by atoms with Crippen molar-refractivity contribution in [3.63, 3.8) is 0 Å². The Hall–Kier alpha value is -1.57. The van der Waals surface area contributed by atoms with E-state index in [1.807, 2.05) is 18.2 Å². The van der Waals surface area contributed by atoms with E-state index in [9.17, 15) is 9.59 Å². The standard InChI is InChI=1S/C17H23N3O3S/c21-16(13-20-8-11-24-17(20)22)18-12-15(14-4-2-1-3-5-14)19-6-9-23-10-7-19/h1-5,15H,6-13H2,(H,18,21)/t15-/m0/s1. The van der Waals surface area contributed by atoms with Gasteiger partial charge in [0.25, 0.3) is 5.24 Å². The summed E-state index contributed by atoms with van der Waals surface area (Å²) in [6.07, 6.45) is 0. The molecule has 24 heavy (non-hydrogen) atoms. The van der Waals surface area contributed by atoms with Gasteiger partial charge < -0.3 is 15.0 Å². The molecule has 1 N–H and O–H groups in total. The second kappa shape index (κ2) is 8.50. The molecular formula is C17H23N3O3S. The zero-order valence-corrected chi connectivity index (χ0v) is 14.5. The van der Waals surface area contributed by atoms with Crippen LogP contribution in [0, 0.1) is 0 Å². The summed E-state index contributed by atoms with van der Waals surface area (Å²) in [4.78, 5) is 27.8. The van der Waals surface area contributed by atoms with Gasteiger partial charge in [0.1, 0.15) is 6.54 Å². The normalized spacial score (nSPS) is 20.2. The highest BCUT2D eigenvalue weighted by molar-refractivity contribution is 8.13. The Morgan fingerprint density at radius 1 is 1.21 bits per heavy atom. The van der Waals surface area contributed by atoms with Crippen LogP contribution < -0.4 is 5.32 Å². The van der Waals surface area contributed by atoms with Crippen LogP contribution in [0.15, 0.2) is 30.3 Å². The van der Waals surface area contributed by atoms with Crippen molar-refractivity contribution in [3.8, 4) is 0 Å². The maximum Gasteiger partial charge on any atom is 0.282 e. The maximum absolute atomic E-state index is 12.2. The summed E-state index contributed by atoms with van der Waals surface area (Å²) < 4.78 is 5.44. The molecule has 2 saturated heterocycles.